The van der Waals surface area contributed by atoms with Crippen LogP contribution in [-0.2, 0) is 0 Å². The number of aromatic hydroxyl groups is 2. The summed E-state index contributed by atoms with van der Waals surface area (Å²) in [6, 6.07) is 10.7. The molecule has 2 aromatic carbocycles. The lowest BCUT2D eigenvalue weighted by molar-refractivity contribution is 0.103. The van der Waals surface area contributed by atoms with Crippen molar-refractivity contribution in [1.82, 2.24) is 0 Å². The predicted molar refractivity (Wildman–Crippen MR) is 80.0 cm³/mol. The van der Waals surface area contributed by atoms with Gasteiger partial charge in [-0.25, -0.2) is 0 Å². The van der Waals surface area contributed by atoms with Gasteiger partial charge in [0.1, 0.15) is 17.2 Å². The first-order valence-electron chi connectivity index (χ1n) is 6.77. The van der Waals surface area contributed by atoms with Gasteiger partial charge in [-0.3, -0.25) is 4.79 Å². The molecule has 4 heteroatoms. The standard InChI is InChI=1S/C17H18O4/c1-11(2)10-21-14-6-3-12(4-7-14)17(20)15-8-5-13(18)9-16(15)19/h3-9,11,18-19H,10H2,1-2H3. The molecule has 0 aliphatic heterocycles. The van der Waals surface area contributed by atoms with Crippen molar-refractivity contribution in [2.45, 2.75) is 13.8 Å². The van der Waals surface area contributed by atoms with Gasteiger partial charge in [0.2, 0.25) is 0 Å². The average Bonchev–Trinajstić information content (AvgIpc) is 2.45. The highest BCUT2D eigenvalue weighted by Gasteiger charge is 2.14. The Balaban J connectivity index is 2.16. The molecule has 21 heavy (non-hydrogen) atoms. The van der Waals surface area contributed by atoms with Gasteiger partial charge in [-0.05, 0) is 42.3 Å². The third kappa shape index (κ3) is 3.75. The van der Waals surface area contributed by atoms with Crippen LogP contribution in [0.5, 0.6) is 17.2 Å². The second kappa shape index (κ2) is 6.31. The topological polar surface area (TPSA) is 66.8 Å². The Labute approximate surface area is 123 Å². The van der Waals surface area contributed by atoms with Crippen molar-refractivity contribution in [2.24, 2.45) is 5.92 Å². The molecule has 2 aromatic rings. The molecule has 0 spiro atoms. The Morgan fingerprint density at radius 1 is 1.10 bits per heavy atom. The molecule has 2 rings (SSSR count). The zero-order chi connectivity index (χ0) is 15.4. The van der Waals surface area contributed by atoms with Gasteiger partial charge in [0.25, 0.3) is 0 Å². The molecule has 0 atom stereocenters. The Morgan fingerprint density at radius 3 is 2.33 bits per heavy atom. The number of benzene rings is 2. The van der Waals surface area contributed by atoms with E-state index in [4.69, 9.17) is 4.74 Å². The summed E-state index contributed by atoms with van der Waals surface area (Å²) in [5.41, 5.74) is 0.608. The van der Waals surface area contributed by atoms with Crippen molar-refractivity contribution < 1.29 is 19.7 Å². The first-order chi connectivity index (χ1) is 9.97. The molecule has 0 aromatic heterocycles. The lowest BCUT2D eigenvalue weighted by Crippen LogP contribution is -2.05. The largest absolute Gasteiger partial charge is 0.508 e. The highest BCUT2D eigenvalue weighted by molar-refractivity contribution is 6.10. The molecule has 0 saturated heterocycles. The molecule has 0 aliphatic rings. The summed E-state index contributed by atoms with van der Waals surface area (Å²) < 4.78 is 5.55. The van der Waals surface area contributed by atoms with E-state index >= 15 is 0 Å². The maximum Gasteiger partial charge on any atom is 0.196 e. The highest BCUT2D eigenvalue weighted by Crippen LogP contribution is 2.25. The van der Waals surface area contributed by atoms with Crippen LogP contribution in [0.15, 0.2) is 42.5 Å². The normalized spacial score (nSPS) is 10.6. The van der Waals surface area contributed by atoms with Gasteiger partial charge in [0.05, 0.1) is 12.2 Å². The number of hydrogen-bond donors (Lipinski definition) is 2. The molecule has 0 radical (unpaired) electrons. The number of carbonyl (C=O) groups excluding carboxylic acids is 1. The summed E-state index contributed by atoms with van der Waals surface area (Å²) in [5.74, 6) is 0.514. The van der Waals surface area contributed by atoms with Crippen LogP contribution in [-0.4, -0.2) is 22.6 Å². The van der Waals surface area contributed by atoms with Gasteiger partial charge < -0.3 is 14.9 Å². The molecular formula is C17H18O4. The minimum atomic E-state index is -0.303. The third-order valence-electron chi connectivity index (χ3n) is 2.93. The zero-order valence-corrected chi connectivity index (χ0v) is 12.0. The zero-order valence-electron chi connectivity index (χ0n) is 12.0. The van der Waals surface area contributed by atoms with Crippen molar-refractivity contribution >= 4 is 5.78 Å². The molecule has 0 bridgehead atoms. The van der Waals surface area contributed by atoms with Gasteiger partial charge in [-0.15, -0.1) is 0 Å². The van der Waals surface area contributed by atoms with Crippen molar-refractivity contribution in [3.8, 4) is 17.2 Å². The van der Waals surface area contributed by atoms with Crippen LogP contribution in [0.3, 0.4) is 0 Å². The lowest BCUT2D eigenvalue weighted by atomic mass is 10.0. The number of phenols is 2. The van der Waals surface area contributed by atoms with Crippen molar-refractivity contribution in [3.05, 3.63) is 53.6 Å². The van der Waals surface area contributed by atoms with Gasteiger partial charge in [0, 0.05) is 11.6 Å². The van der Waals surface area contributed by atoms with E-state index in [1.54, 1.807) is 24.3 Å². The number of phenolic OH excluding ortho intramolecular Hbond substituents is 2. The van der Waals surface area contributed by atoms with E-state index in [1.807, 2.05) is 0 Å². The molecule has 0 unspecified atom stereocenters. The number of hydrogen-bond acceptors (Lipinski definition) is 4. The monoisotopic (exact) mass is 286 g/mol. The molecule has 0 amide bonds. The van der Waals surface area contributed by atoms with Gasteiger partial charge in [-0.1, -0.05) is 13.8 Å². The second-order valence-corrected chi connectivity index (χ2v) is 5.26. The van der Waals surface area contributed by atoms with Crippen LogP contribution < -0.4 is 4.74 Å². The summed E-state index contributed by atoms with van der Waals surface area (Å²) in [6.07, 6.45) is 0. The maximum absolute atomic E-state index is 12.3. The fraction of sp³-hybridized carbons (Fsp3) is 0.235. The quantitative estimate of drug-likeness (QED) is 0.827. The van der Waals surface area contributed by atoms with E-state index in [0.717, 1.165) is 6.07 Å². The summed E-state index contributed by atoms with van der Waals surface area (Å²) >= 11 is 0. The number of rotatable bonds is 5. The third-order valence-corrected chi connectivity index (χ3v) is 2.93. The van der Waals surface area contributed by atoms with E-state index in [-0.39, 0.29) is 22.8 Å². The summed E-state index contributed by atoms with van der Waals surface area (Å²) in [4.78, 5) is 12.3. The van der Waals surface area contributed by atoms with Crippen LogP contribution in [0.1, 0.15) is 29.8 Å². The smallest absolute Gasteiger partial charge is 0.196 e. The molecule has 0 heterocycles. The number of ketones is 1. The van der Waals surface area contributed by atoms with Crippen LogP contribution >= 0.6 is 0 Å². The molecule has 4 nitrogen and oxygen atoms in total. The SMILES string of the molecule is CC(C)COc1ccc(C(=O)c2ccc(O)cc2O)cc1. The Bertz CT molecular complexity index is 630. The number of carbonyl (C=O) groups is 1. The summed E-state index contributed by atoms with van der Waals surface area (Å²) in [7, 11) is 0. The van der Waals surface area contributed by atoms with Crippen molar-refractivity contribution in [1.29, 1.82) is 0 Å². The number of ether oxygens (including phenoxy) is 1. The molecule has 0 aliphatic carbocycles. The van der Waals surface area contributed by atoms with Crippen LogP contribution in [0.4, 0.5) is 0 Å². The molecule has 0 fully saturated rings. The fourth-order valence-electron chi connectivity index (χ4n) is 1.83. The van der Waals surface area contributed by atoms with E-state index in [0.29, 0.717) is 23.8 Å². The maximum atomic E-state index is 12.3. The van der Waals surface area contributed by atoms with Gasteiger partial charge in [0.15, 0.2) is 5.78 Å². The van der Waals surface area contributed by atoms with E-state index in [9.17, 15) is 15.0 Å². The summed E-state index contributed by atoms with van der Waals surface area (Å²) in [5, 5.41) is 19.0. The lowest BCUT2D eigenvalue weighted by Gasteiger charge is -2.09. The summed E-state index contributed by atoms with van der Waals surface area (Å²) in [6.45, 7) is 4.74. The van der Waals surface area contributed by atoms with Crippen LogP contribution in [0.25, 0.3) is 0 Å². The molecule has 2 N–H and O–H groups in total. The van der Waals surface area contributed by atoms with Gasteiger partial charge in [-0.2, -0.15) is 0 Å². The molecule has 0 saturated carbocycles. The van der Waals surface area contributed by atoms with E-state index < -0.39 is 0 Å². The second-order valence-electron chi connectivity index (χ2n) is 5.26. The first kappa shape index (κ1) is 14.9. The van der Waals surface area contributed by atoms with Crippen molar-refractivity contribution in [2.75, 3.05) is 6.61 Å². The predicted octanol–water partition coefficient (Wildman–Crippen LogP) is 3.36. The van der Waals surface area contributed by atoms with Crippen LogP contribution in [0, 0.1) is 5.92 Å². The Hall–Kier alpha value is -2.49. The Morgan fingerprint density at radius 2 is 1.76 bits per heavy atom. The fourth-order valence-corrected chi connectivity index (χ4v) is 1.83. The average molecular weight is 286 g/mol. The minimum absolute atomic E-state index is 0.0820. The molecule has 110 valence electrons. The van der Waals surface area contributed by atoms with Gasteiger partial charge >= 0.3 is 0 Å². The van der Waals surface area contributed by atoms with Crippen LogP contribution in [0.2, 0.25) is 0 Å². The minimum Gasteiger partial charge on any atom is -0.508 e. The van der Waals surface area contributed by atoms with E-state index in [1.165, 1.54) is 12.1 Å². The Kier molecular flexibility index (Phi) is 4.48. The van der Waals surface area contributed by atoms with E-state index in [2.05, 4.69) is 13.8 Å². The first-order valence-corrected chi connectivity index (χ1v) is 6.77. The highest BCUT2D eigenvalue weighted by atomic mass is 16.5. The van der Waals surface area contributed by atoms with Crippen molar-refractivity contribution in [3.63, 3.8) is 0 Å². The molecular weight excluding hydrogens is 268 g/mol.